The number of amides is 1. The van der Waals surface area contributed by atoms with E-state index in [0.29, 0.717) is 21.0 Å². The molecule has 0 bridgehead atoms. The average Bonchev–Trinajstić information content (AvgIpc) is 3.03. The predicted octanol–water partition coefficient (Wildman–Crippen LogP) is 3.15. The summed E-state index contributed by atoms with van der Waals surface area (Å²) in [5.41, 5.74) is 0.953. The fourth-order valence-corrected chi connectivity index (χ4v) is 5.42. The zero-order valence-electron chi connectivity index (χ0n) is 17.8. The first-order valence-electron chi connectivity index (χ1n) is 9.76. The number of esters is 1. The molecule has 0 saturated carbocycles. The molecular formula is C21H23N3O5S3. The highest BCUT2D eigenvalue weighted by Gasteiger charge is 2.16. The zero-order chi connectivity index (χ0) is 23.5. The van der Waals surface area contributed by atoms with Crippen molar-refractivity contribution in [1.82, 2.24) is 4.57 Å². The summed E-state index contributed by atoms with van der Waals surface area (Å²) in [6.45, 7) is 5.92. The number of hydrogen-bond acceptors (Lipinski definition) is 7. The Morgan fingerprint density at radius 1 is 1.19 bits per heavy atom. The molecule has 8 nitrogen and oxygen atoms in total. The highest BCUT2D eigenvalue weighted by Crippen LogP contribution is 2.24. The highest BCUT2D eigenvalue weighted by molar-refractivity contribution is 7.99. The summed E-state index contributed by atoms with van der Waals surface area (Å²) in [5, 5.41) is 5.65. The van der Waals surface area contributed by atoms with Crippen molar-refractivity contribution >= 4 is 55.2 Å². The summed E-state index contributed by atoms with van der Waals surface area (Å²) in [6, 6.07) is 11.4. The Kier molecular flexibility index (Phi) is 7.55. The molecule has 0 fully saturated rings. The number of fused-ring (bicyclic) bond motifs is 1. The number of primary sulfonamides is 1. The van der Waals surface area contributed by atoms with E-state index in [1.54, 1.807) is 30.8 Å². The van der Waals surface area contributed by atoms with E-state index in [9.17, 15) is 18.0 Å². The number of nitrogens with two attached hydrogens (primary N) is 1. The van der Waals surface area contributed by atoms with Crippen LogP contribution in [0.4, 0.5) is 0 Å². The Morgan fingerprint density at radius 2 is 1.88 bits per heavy atom. The summed E-state index contributed by atoms with van der Waals surface area (Å²) in [6.07, 6.45) is 0. The van der Waals surface area contributed by atoms with Gasteiger partial charge in [0.15, 0.2) is 4.80 Å². The van der Waals surface area contributed by atoms with Crippen LogP contribution in [-0.2, 0) is 26.1 Å². The third-order valence-corrected chi connectivity index (χ3v) is 7.21. The second-order valence-electron chi connectivity index (χ2n) is 7.06. The topological polar surface area (TPSA) is 121 Å². The van der Waals surface area contributed by atoms with E-state index in [1.165, 1.54) is 22.8 Å². The summed E-state index contributed by atoms with van der Waals surface area (Å²) in [4.78, 5) is 30.4. The van der Waals surface area contributed by atoms with Crippen LogP contribution in [0.2, 0.25) is 0 Å². The van der Waals surface area contributed by atoms with Crippen molar-refractivity contribution in [1.29, 1.82) is 0 Å². The van der Waals surface area contributed by atoms with Crippen molar-refractivity contribution in [2.75, 3.05) is 6.61 Å². The molecule has 0 radical (unpaired) electrons. The van der Waals surface area contributed by atoms with Gasteiger partial charge in [0.25, 0.3) is 5.91 Å². The second-order valence-corrected chi connectivity index (χ2v) is 11.3. The van der Waals surface area contributed by atoms with Crippen LogP contribution in [0.25, 0.3) is 10.2 Å². The van der Waals surface area contributed by atoms with Gasteiger partial charge in [-0.1, -0.05) is 25.2 Å². The molecule has 0 aliphatic carbocycles. The van der Waals surface area contributed by atoms with Gasteiger partial charge in [-0.25, -0.2) is 13.6 Å². The Bertz CT molecular complexity index is 1320. The van der Waals surface area contributed by atoms with Gasteiger partial charge in [0.2, 0.25) is 10.0 Å². The maximum Gasteiger partial charge on any atom is 0.326 e. The predicted molar refractivity (Wildman–Crippen MR) is 125 cm³/mol. The van der Waals surface area contributed by atoms with Crippen LogP contribution in [0, 0.1) is 0 Å². The SMILES string of the molecule is CCOC(=O)Cn1c(=NC(=O)c2ccc(SC(C)C)cc2)sc2cc(S(N)(=O)=O)ccc21. The number of sulfonamides is 1. The van der Waals surface area contributed by atoms with Gasteiger partial charge in [-0.15, -0.1) is 11.8 Å². The highest BCUT2D eigenvalue weighted by atomic mass is 32.2. The van der Waals surface area contributed by atoms with E-state index in [1.807, 2.05) is 12.1 Å². The molecule has 0 aliphatic rings. The molecule has 32 heavy (non-hydrogen) atoms. The molecular weight excluding hydrogens is 470 g/mol. The minimum Gasteiger partial charge on any atom is -0.465 e. The van der Waals surface area contributed by atoms with Crippen LogP contribution in [-0.4, -0.2) is 36.7 Å². The monoisotopic (exact) mass is 493 g/mol. The van der Waals surface area contributed by atoms with E-state index >= 15 is 0 Å². The fourth-order valence-electron chi connectivity index (χ4n) is 2.90. The first kappa shape index (κ1) is 24.2. The van der Waals surface area contributed by atoms with Crippen molar-refractivity contribution in [3.8, 4) is 0 Å². The maximum absolute atomic E-state index is 12.8. The number of hydrogen-bond donors (Lipinski definition) is 1. The Morgan fingerprint density at radius 3 is 2.47 bits per heavy atom. The van der Waals surface area contributed by atoms with Gasteiger partial charge in [0.1, 0.15) is 6.54 Å². The quantitative estimate of drug-likeness (QED) is 0.399. The number of ether oxygens (including phenoxy) is 1. The van der Waals surface area contributed by atoms with E-state index < -0.39 is 21.9 Å². The van der Waals surface area contributed by atoms with Crippen molar-refractivity contribution in [2.24, 2.45) is 10.1 Å². The van der Waals surface area contributed by atoms with Gasteiger partial charge in [-0.3, -0.25) is 9.59 Å². The largest absolute Gasteiger partial charge is 0.465 e. The van der Waals surface area contributed by atoms with Crippen LogP contribution in [0.15, 0.2) is 57.2 Å². The number of rotatable bonds is 7. The summed E-state index contributed by atoms with van der Waals surface area (Å²) in [5.74, 6) is -0.964. The summed E-state index contributed by atoms with van der Waals surface area (Å²) >= 11 is 2.78. The normalized spacial score (nSPS) is 12.5. The Hall–Kier alpha value is -2.47. The molecule has 0 unspecified atom stereocenters. The number of nitrogens with zero attached hydrogens (tertiary/aromatic N) is 2. The molecule has 2 N–H and O–H groups in total. The van der Waals surface area contributed by atoms with Crippen LogP contribution < -0.4 is 9.94 Å². The lowest BCUT2D eigenvalue weighted by atomic mass is 10.2. The molecule has 0 atom stereocenters. The molecule has 11 heteroatoms. The smallest absolute Gasteiger partial charge is 0.326 e. The van der Waals surface area contributed by atoms with Crippen LogP contribution in [0.1, 0.15) is 31.1 Å². The number of thiazole rings is 1. The van der Waals surface area contributed by atoms with Crippen molar-refractivity contribution in [3.63, 3.8) is 0 Å². The maximum atomic E-state index is 12.8. The minimum atomic E-state index is -3.90. The number of thioether (sulfide) groups is 1. The molecule has 170 valence electrons. The Labute approximate surface area is 194 Å². The molecule has 1 amide bonds. The van der Waals surface area contributed by atoms with Gasteiger partial charge in [0.05, 0.1) is 21.7 Å². The van der Waals surface area contributed by atoms with Crippen LogP contribution in [0.5, 0.6) is 0 Å². The van der Waals surface area contributed by atoms with Gasteiger partial charge >= 0.3 is 5.97 Å². The first-order valence-corrected chi connectivity index (χ1v) is 13.0. The lowest BCUT2D eigenvalue weighted by Crippen LogP contribution is -2.23. The minimum absolute atomic E-state index is 0.0642. The third-order valence-electron chi connectivity index (χ3n) is 4.25. The second kappa shape index (κ2) is 9.99. The van der Waals surface area contributed by atoms with Crippen molar-refractivity contribution in [2.45, 2.75) is 42.4 Å². The molecule has 0 aliphatic heterocycles. The number of aromatic nitrogens is 1. The summed E-state index contributed by atoms with van der Waals surface area (Å²) < 4.78 is 30.5. The molecule has 1 heterocycles. The van der Waals surface area contributed by atoms with Gasteiger partial charge < -0.3 is 9.30 Å². The molecule has 3 rings (SSSR count). The van der Waals surface area contributed by atoms with Crippen molar-refractivity contribution < 1.29 is 22.7 Å². The van der Waals surface area contributed by atoms with E-state index in [2.05, 4.69) is 18.8 Å². The summed E-state index contributed by atoms with van der Waals surface area (Å²) in [7, 11) is -3.90. The van der Waals surface area contributed by atoms with Gasteiger partial charge in [0, 0.05) is 15.7 Å². The fraction of sp³-hybridized carbons (Fsp3) is 0.286. The Balaban J connectivity index is 2.07. The zero-order valence-corrected chi connectivity index (χ0v) is 20.2. The third kappa shape index (κ3) is 5.85. The van der Waals surface area contributed by atoms with Gasteiger partial charge in [-0.2, -0.15) is 4.99 Å². The average molecular weight is 494 g/mol. The number of carbonyl (C=O) groups is 2. The van der Waals surface area contributed by atoms with Crippen LogP contribution >= 0.6 is 23.1 Å². The standard InChI is InChI=1S/C21H23N3O5S3/c1-4-29-19(25)12-24-17-10-9-16(32(22,27)28)11-18(17)31-21(24)23-20(26)14-5-7-15(8-6-14)30-13(2)3/h5-11,13H,4,12H2,1-3H3,(H2,22,27,28). The molecule has 2 aromatic carbocycles. The lowest BCUT2D eigenvalue weighted by Gasteiger charge is -2.06. The first-order chi connectivity index (χ1) is 15.1. The number of carbonyl (C=O) groups excluding carboxylic acids is 2. The number of benzene rings is 2. The van der Waals surface area contributed by atoms with E-state index in [-0.39, 0.29) is 22.8 Å². The van der Waals surface area contributed by atoms with Crippen LogP contribution in [0.3, 0.4) is 0 Å². The van der Waals surface area contributed by atoms with E-state index in [4.69, 9.17) is 9.88 Å². The molecule has 0 spiro atoms. The van der Waals surface area contributed by atoms with E-state index in [0.717, 1.165) is 16.2 Å². The van der Waals surface area contributed by atoms with Gasteiger partial charge in [-0.05, 0) is 49.4 Å². The molecule has 3 aromatic rings. The molecule has 1 aromatic heterocycles. The lowest BCUT2D eigenvalue weighted by molar-refractivity contribution is -0.143. The van der Waals surface area contributed by atoms with Crippen molar-refractivity contribution in [3.05, 3.63) is 52.8 Å². The molecule has 0 saturated heterocycles.